The highest BCUT2D eigenvalue weighted by Gasteiger charge is 2.24. The fraction of sp³-hybridized carbons (Fsp3) is 0.400. The molecule has 0 bridgehead atoms. The largest absolute Gasteiger partial charge is 0.481 e. The van der Waals surface area contributed by atoms with Crippen LogP contribution in [0.1, 0.15) is 17.5 Å². The van der Waals surface area contributed by atoms with E-state index in [1.165, 1.54) is 12.0 Å². The average Bonchev–Trinajstić information content (AvgIpc) is 3.11. The zero-order chi connectivity index (χ0) is 17.5. The number of hydrogen-bond acceptors (Lipinski definition) is 3. The van der Waals surface area contributed by atoms with Gasteiger partial charge in [0.05, 0.1) is 7.11 Å². The molecule has 1 saturated heterocycles. The molecule has 3 rings (SSSR count). The van der Waals surface area contributed by atoms with Crippen LogP contribution in [-0.2, 0) is 13.0 Å². The monoisotopic (exact) mass is 338 g/mol. The summed E-state index contributed by atoms with van der Waals surface area (Å²) in [6.07, 6.45) is 4.11. The Hall–Kier alpha value is -2.56. The first-order valence-electron chi connectivity index (χ1n) is 8.77. The molecule has 1 atom stereocenters. The van der Waals surface area contributed by atoms with E-state index >= 15 is 0 Å². The molecule has 5 nitrogen and oxygen atoms in total. The standard InChI is InChI=1S/C20H26N4O/c1-21-20(23-14-17-8-10-22-19(13-17)25-2)24-11-9-18(15-24)12-16-6-4-3-5-7-16/h3-8,10,13,18H,9,11-12,14-15H2,1-2H3,(H,21,23). The second-order valence-corrected chi connectivity index (χ2v) is 6.40. The highest BCUT2D eigenvalue weighted by atomic mass is 16.5. The number of guanidine groups is 1. The minimum absolute atomic E-state index is 0.637. The van der Waals surface area contributed by atoms with Gasteiger partial charge in [-0.1, -0.05) is 30.3 Å². The molecule has 5 heteroatoms. The van der Waals surface area contributed by atoms with Crippen LogP contribution < -0.4 is 10.1 Å². The number of nitrogens with zero attached hydrogens (tertiary/aromatic N) is 3. The van der Waals surface area contributed by atoms with Gasteiger partial charge in [0.2, 0.25) is 5.88 Å². The first-order chi connectivity index (χ1) is 12.3. The number of methoxy groups -OCH3 is 1. The van der Waals surface area contributed by atoms with Crippen LogP contribution in [0.5, 0.6) is 5.88 Å². The minimum atomic E-state index is 0.637. The maximum Gasteiger partial charge on any atom is 0.213 e. The predicted molar refractivity (Wildman–Crippen MR) is 101 cm³/mol. The van der Waals surface area contributed by atoms with Crippen LogP contribution in [0.4, 0.5) is 0 Å². The molecular formula is C20H26N4O. The molecule has 2 heterocycles. The molecule has 0 amide bonds. The van der Waals surface area contributed by atoms with Gasteiger partial charge in [-0.15, -0.1) is 0 Å². The first-order valence-corrected chi connectivity index (χ1v) is 8.77. The average molecular weight is 338 g/mol. The maximum atomic E-state index is 5.18. The normalized spacial score (nSPS) is 17.6. The van der Waals surface area contributed by atoms with Gasteiger partial charge < -0.3 is 15.0 Å². The molecule has 1 aliphatic heterocycles. The molecule has 1 unspecified atom stereocenters. The lowest BCUT2D eigenvalue weighted by Gasteiger charge is -2.22. The molecule has 0 saturated carbocycles. The van der Waals surface area contributed by atoms with Crippen molar-refractivity contribution < 1.29 is 4.74 Å². The number of aliphatic imine (C=N–C) groups is 1. The van der Waals surface area contributed by atoms with Crippen molar-refractivity contribution in [3.05, 3.63) is 59.8 Å². The number of likely N-dealkylation sites (tertiary alicyclic amines) is 1. The number of ether oxygens (including phenoxy) is 1. The Kier molecular flexibility index (Phi) is 5.88. The molecular weight excluding hydrogens is 312 g/mol. The third kappa shape index (κ3) is 4.72. The van der Waals surface area contributed by atoms with Gasteiger partial charge in [-0.05, 0) is 36.0 Å². The fourth-order valence-electron chi connectivity index (χ4n) is 3.32. The summed E-state index contributed by atoms with van der Waals surface area (Å²) in [4.78, 5) is 10.9. The SMILES string of the molecule is CN=C(NCc1ccnc(OC)c1)N1CCC(Cc2ccccc2)C1. The van der Waals surface area contributed by atoms with E-state index in [9.17, 15) is 0 Å². The van der Waals surface area contributed by atoms with Gasteiger partial charge in [0.1, 0.15) is 0 Å². The van der Waals surface area contributed by atoms with E-state index in [0.717, 1.165) is 31.0 Å². The summed E-state index contributed by atoms with van der Waals surface area (Å²) < 4.78 is 5.18. The Labute approximate surface area is 149 Å². The highest BCUT2D eigenvalue weighted by molar-refractivity contribution is 5.80. The molecule has 25 heavy (non-hydrogen) atoms. The van der Waals surface area contributed by atoms with Gasteiger partial charge >= 0.3 is 0 Å². The van der Waals surface area contributed by atoms with Crippen molar-refractivity contribution in [2.45, 2.75) is 19.4 Å². The van der Waals surface area contributed by atoms with Crippen LogP contribution in [0.2, 0.25) is 0 Å². The van der Waals surface area contributed by atoms with Crippen molar-refractivity contribution >= 4 is 5.96 Å². The number of rotatable bonds is 5. The van der Waals surface area contributed by atoms with Gasteiger partial charge in [-0.3, -0.25) is 4.99 Å². The van der Waals surface area contributed by atoms with Gasteiger partial charge in [-0.2, -0.15) is 0 Å². The van der Waals surface area contributed by atoms with Gasteiger partial charge in [0.15, 0.2) is 5.96 Å². The molecule has 2 aromatic rings. The van der Waals surface area contributed by atoms with E-state index in [1.54, 1.807) is 13.3 Å². The summed E-state index contributed by atoms with van der Waals surface area (Å²) in [6, 6.07) is 14.7. The summed E-state index contributed by atoms with van der Waals surface area (Å²) in [7, 11) is 3.48. The van der Waals surface area contributed by atoms with Crippen LogP contribution in [0.3, 0.4) is 0 Å². The lowest BCUT2D eigenvalue weighted by molar-refractivity contribution is 0.397. The lowest BCUT2D eigenvalue weighted by atomic mass is 9.99. The maximum absolute atomic E-state index is 5.18. The van der Waals surface area contributed by atoms with Crippen LogP contribution in [0.25, 0.3) is 0 Å². The molecule has 1 N–H and O–H groups in total. The molecule has 1 aromatic heterocycles. The van der Waals surface area contributed by atoms with Crippen LogP contribution in [0, 0.1) is 5.92 Å². The molecule has 132 valence electrons. The van der Waals surface area contributed by atoms with Gasteiger partial charge in [0.25, 0.3) is 0 Å². The van der Waals surface area contributed by atoms with E-state index in [0.29, 0.717) is 18.3 Å². The molecule has 1 aromatic carbocycles. The van der Waals surface area contributed by atoms with Crippen LogP contribution in [-0.4, -0.2) is 43.1 Å². The highest BCUT2D eigenvalue weighted by Crippen LogP contribution is 2.21. The lowest BCUT2D eigenvalue weighted by Crippen LogP contribution is -2.39. The summed E-state index contributed by atoms with van der Waals surface area (Å²) in [6.45, 7) is 2.82. The molecule has 1 aliphatic rings. The Morgan fingerprint density at radius 3 is 2.88 bits per heavy atom. The zero-order valence-corrected chi connectivity index (χ0v) is 15.0. The van der Waals surface area contributed by atoms with E-state index in [2.05, 4.69) is 50.5 Å². The quantitative estimate of drug-likeness (QED) is 0.673. The van der Waals surface area contributed by atoms with Crippen molar-refractivity contribution in [1.82, 2.24) is 15.2 Å². The molecule has 0 spiro atoms. The van der Waals surface area contributed by atoms with Crippen LogP contribution in [0.15, 0.2) is 53.7 Å². The topological polar surface area (TPSA) is 49.8 Å². The fourth-order valence-corrected chi connectivity index (χ4v) is 3.32. The van der Waals surface area contributed by atoms with Crippen molar-refractivity contribution in [1.29, 1.82) is 0 Å². The summed E-state index contributed by atoms with van der Waals surface area (Å²) in [5, 5.41) is 3.46. The third-order valence-electron chi connectivity index (χ3n) is 4.62. The Balaban J connectivity index is 1.53. The smallest absolute Gasteiger partial charge is 0.213 e. The van der Waals surface area contributed by atoms with E-state index in [-0.39, 0.29) is 0 Å². The van der Waals surface area contributed by atoms with Crippen molar-refractivity contribution in [3.8, 4) is 5.88 Å². The molecule has 0 radical (unpaired) electrons. The predicted octanol–water partition coefficient (Wildman–Crippen LogP) is 2.73. The number of hydrogen-bond donors (Lipinski definition) is 1. The Bertz CT molecular complexity index is 702. The van der Waals surface area contributed by atoms with Gasteiger partial charge in [-0.25, -0.2) is 4.98 Å². The second kappa shape index (κ2) is 8.51. The summed E-state index contributed by atoms with van der Waals surface area (Å²) in [5.41, 5.74) is 2.55. The number of benzene rings is 1. The molecule has 0 aliphatic carbocycles. The zero-order valence-electron chi connectivity index (χ0n) is 15.0. The minimum Gasteiger partial charge on any atom is -0.481 e. The number of pyridine rings is 1. The van der Waals surface area contributed by atoms with Crippen LogP contribution >= 0.6 is 0 Å². The van der Waals surface area contributed by atoms with E-state index in [1.807, 2.05) is 19.2 Å². The third-order valence-corrected chi connectivity index (χ3v) is 4.62. The molecule has 1 fully saturated rings. The van der Waals surface area contributed by atoms with E-state index < -0.39 is 0 Å². The van der Waals surface area contributed by atoms with Crippen molar-refractivity contribution in [2.75, 3.05) is 27.2 Å². The number of aromatic nitrogens is 1. The Morgan fingerprint density at radius 1 is 1.28 bits per heavy atom. The van der Waals surface area contributed by atoms with Crippen molar-refractivity contribution in [3.63, 3.8) is 0 Å². The first kappa shape index (κ1) is 17.3. The van der Waals surface area contributed by atoms with Gasteiger partial charge in [0, 0.05) is 38.9 Å². The van der Waals surface area contributed by atoms with Crippen molar-refractivity contribution in [2.24, 2.45) is 10.9 Å². The summed E-state index contributed by atoms with van der Waals surface area (Å²) >= 11 is 0. The Morgan fingerprint density at radius 2 is 2.12 bits per heavy atom. The number of nitrogens with one attached hydrogen (secondary N) is 1. The summed E-state index contributed by atoms with van der Waals surface area (Å²) in [5.74, 6) is 2.28. The van der Waals surface area contributed by atoms with E-state index in [4.69, 9.17) is 4.74 Å². The second-order valence-electron chi connectivity index (χ2n) is 6.40.